The van der Waals surface area contributed by atoms with Crippen LogP contribution < -0.4 is 10.1 Å². The molecule has 0 fully saturated rings. The number of ether oxygens (including phenoxy) is 1. The summed E-state index contributed by atoms with van der Waals surface area (Å²) >= 11 is 3.22. The molecule has 20 heavy (non-hydrogen) atoms. The van der Waals surface area contributed by atoms with Gasteiger partial charge in [0.05, 0.1) is 0 Å². The van der Waals surface area contributed by atoms with Gasteiger partial charge < -0.3 is 10.1 Å². The van der Waals surface area contributed by atoms with E-state index < -0.39 is 0 Å². The third kappa shape index (κ3) is 3.81. The molecule has 2 nitrogen and oxygen atoms in total. The largest absolute Gasteiger partial charge is 0.454 e. The van der Waals surface area contributed by atoms with Crippen LogP contribution >= 0.6 is 15.9 Å². The minimum absolute atomic E-state index is 0.223. The van der Waals surface area contributed by atoms with Gasteiger partial charge in [0.15, 0.2) is 11.6 Å². The zero-order valence-electron chi connectivity index (χ0n) is 11.5. The Hall–Kier alpha value is -1.39. The summed E-state index contributed by atoms with van der Waals surface area (Å²) in [5, 5.41) is 3.34. The minimum Gasteiger partial charge on any atom is -0.454 e. The maximum atomic E-state index is 13.7. The Morgan fingerprint density at radius 1 is 1.20 bits per heavy atom. The van der Waals surface area contributed by atoms with Crippen LogP contribution in [0.3, 0.4) is 0 Å². The van der Waals surface area contributed by atoms with E-state index in [1.807, 2.05) is 24.3 Å². The molecule has 0 spiro atoms. The molecule has 4 heteroatoms. The van der Waals surface area contributed by atoms with Crippen LogP contribution in [0.15, 0.2) is 46.9 Å². The highest BCUT2D eigenvalue weighted by molar-refractivity contribution is 9.10. The molecule has 2 aromatic carbocycles. The summed E-state index contributed by atoms with van der Waals surface area (Å²) in [4.78, 5) is 0. The van der Waals surface area contributed by atoms with E-state index in [9.17, 15) is 4.39 Å². The first-order valence-electron chi connectivity index (χ1n) is 6.56. The van der Waals surface area contributed by atoms with E-state index >= 15 is 0 Å². The lowest BCUT2D eigenvalue weighted by atomic mass is 10.1. The van der Waals surface area contributed by atoms with Crippen molar-refractivity contribution in [1.82, 2.24) is 5.32 Å². The summed E-state index contributed by atoms with van der Waals surface area (Å²) in [5.74, 6) is 0.462. The third-order valence-electron chi connectivity index (χ3n) is 3.01. The summed E-state index contributed by atoms with van der Waals surface area (Å²) in [5.41, 5.74) is 1.18. The van der Waals surface area contributed by atoms with E-state index in [1.165, 1.54) is 11.6 Å². The van der Waals surface area contributed by atoms with Crippen LogP contribution in [0, 0.1) is 5.82 Å². The fraction of sp³-hybridized carbons (Fsp3) is 0.250. The van der Waals surface area contributed by atoms with Crippen LogP contribution in [-0.2, 0) is 0 Å². The molecule has 0 aliphatic carbocycles. The summed E-state index contributed by atoms with van der Waals surface area (Å²) in [6, 6.07) is 12.7. The minimum atomic E-state index is -0.385. The Kier molecular flexibility index (Phi) is 5.15. The van der Waals surface area contributed by atoms with Gasteiger partial charge in [0, 0.05) is 10.5 Å². The van der Waals surface area contributed by atoms with Crippen molar-refractivity contribution in [1.29, 1.82) is 0 Å². The van der Waals surface area contributed by atoms with Crippen molar-refractivity contribution in [3.8, 4) is 11.5 Å². The Balaban J connectivity index is 2.10. The maximum absolute atomic E-state index is 13.7. The van der Waals surface area contributed by atoms with Crippen molar-refractivity contribution >= 4 is 15.9 Å². The number of hydrogen-bond acceptors (Lipinski definition) is 2. The third-order valence-corrected chi connectivity index (χ3v) is 3.51. The molecule has 0 saturated carbocycles. The lowest BCUT2D eigenvalue weighted by molar-refractivity contribution is 0.441. The summed E-state index contributed by atoms with van der Waals surface area (Å²) in [7, 11) is 0. The zero-order valence-corrected chi connectivity index (χ0v) is 13.1. The number of rotatable bonds is 5. The molecule has 0 radical (unpaired) electrons. The lowest BCUT2D eigenvalue weighted by Crippen LogP contribution is -2.17. The first-order chi connectivity index (χ1) is 9.60. The van der Waals surface area contributed by atoms with Gasteiger partial charge in [0.1, 0.15) is 5.75 Å². The molecule has 2 aromatic rings. The number of hydrogen-bond donors (Lipinski definition) is 1. The Bertz CT molecular complexity index is 571. The predicted octanol–water partition coefficient (Wildman–Crippen LogP) is 5.05. The van der Waals surface area contributed by atoms with Gasteiger partial charge in [-0.3, -0.25) is 0 Å². The second kappa shape index (κ2) is 6.86. The monoisotopic (exact) mass is 337 g/mol. The van der Waals surface area contributed by atoms with Gasteiger partial charge in [0.2, 0.25) is 0 Å². The second-order valence-electron chi connectivity index (χ2n) is 4.53. The smallest absolute Gasteiger partial charge is 0.166 e. The fourth-order valence-electron chi connectivity index (χ4n) is 1.93. The number of nitrogens with one attached hydrogen (secondary N) is 1. The normalized spacial score (nSPS) is 12.2. The van der Waals surface area contributed by atoms with E-state index in [2.05, 4.69) is 35.1 Å². The Morgan fingerprint density at radius 2 is 1.90 bits per heavy atom. The summed E-state index contributed by atoms with van der Waals surface area (Å²) in [6.07, 6.45) is 0. The zero-order chi connectivity index (χ0) is 14.5. The van der Waals surface area contributed by atoms with Gasteiger partial charge in [-0.25, -0.2) is 4.39 Å². The average Bonchev–Trinajstić information content (AvgIpc) is 2.43. The second-order valence-corrected chi connectivity index (χ2v) is 5.44. The average molecular weight is 338 g/mol. The first-order valence-corrected chi connectivity index (χ1v) is 7.35. The van der Waals surface area contributed by atoms with Crippen LogP contribution in [-0.4, -0.2) is 6.54 Å². The van der Waals surface area contributed by atoms with Gasteiger partial charge >= 0.3 is 0 Å². The molecule has 0 aromatic heterocycles. The van der Waals surface area contributed by atoms with Gasteiger partial charge in [-0.05, 0) is 49.4 Å². The van der Waals surface area contributed by atoms with Crippen molar-refractivity contribution in [3.63, 3.8) is 0 Å². The molecule has 0 saturated heterocycles. The number of benzene rings is 2. The predicted molar refractivity (Wildman–Crippen MR) is 82.7 cm³/mol. The lowest BCUT2D eigenvalue weighted by Gasteiger charge is -2.13. The highest BCUT2D eigenvalue weighted by Crippen LogP contribution is 2.27. The van der Waals surface area contributed by atoms with Crippen LogP contribution in [0.25, 0.3) is 0 Å². The molecule has 0 bridgehead atoms. The molecule has 0 heterocycles. The molecule has 0 aliphatic heterocycles. The quantitative estimate of drug-likeness (QED) is 0.824. The Labute approximate surface area is 127 Å². The molecule has 1 atom stereocenters. The van der Waals surface area contributed by atoms with Crippen molar-refractivity contribution in [2.75, 3.05) is 6.54 Å². The summed E-state index contributed by atoms with van der Waals surface area (Å²) in [6.45, 7) is 5.10. The van der Waals surface area contributed by atoms with E-state index in [4.69, 9.17) is 4.74 Å². The Morgan fingerprint density at radius 3 is 2.50 bits per heavy atom. The van der Waals surface area contributed by atoms with E-state index in [-0.39, 0.29) is 11.6 Å². The molecular formula is C16H17BrFNO. The van der Waals surface area contributed by atoms with Gasteiger partial charge in [-0.1, -0.05) is 35.0 Å². The highest BCUT2D eigenvalue weighted by atomic mass is 79.9. The maximum Gasteiger partial charge on any atom is 0.166 e. The summed E-state index contributed by atoms with van der Waals surface area (Å²) < 4.78 is 19.9. The fourth-order valence-corrected chi connectivity index (χ4v) is 2.27. The highest BCUT2D eigenvalue weighted by Gasteiger charge is 2.07. The van der Waals surface area contributed by atoms with Crippen LogP contribution in [0.1, 0.15) is 25.5 Å². The van der Waals surface area contributed by atoms with E-state index in [1.54, 1.807) is 12.1 Å². The van der Waals surface area contributed by atoms with Gasteiger partial charge in [-0.15, -0.1) is 0 Å². The van der Waals surface area contributed by atoms with Crippen LogP contribution in [0.5, 0.6) is 11.5 Å². The van der Waals surface area contributed by atoms with Crippen LogP contribution in [0.2, 0.25) is 0 Å². The standard InChI is InChI=1S/C16H17BrFNO/c1-3-19-11(2)12-4-7-14(8-5-12)20-16-9-6-13(17)10-15(16)18/h4-11,19H,3H2,1-2H3. The van der Waals surface area contributed by atoms with Gasteiger partial charge in [0.25, 0.3) is 0 Å². The SMILES string of the molecule is CCNC(C)c1ccc(Oc2ccc(Br)cc2F)cc1. The van der Waals surface area contributed by atoms with Crippen molar-refractivity contribution in [3.05, 3.63) is 58.3 Å². The first kappa shape index (κ1) is 15.0. The van der Waals surface area contributed by atoms with Crippen molar-refractivity contribution < 1.29 is 9.13 Å². The molecule has 0 amide bonds. The van der Waals surface area contributed by atoms with E-state index in [0.717, 1.165) is 6.54 Å². The van der Waals surface area contributed by atoms with Crippen LogP contribution in [0.4, 0.5) is 4.39 Å². The topological polar surface area (TPSA) is 21.3 Å². The van der Waals surface area contributed by atoms with E-state index in [0.29, 0.717) is 16.3 Å². The molecule has 106 valence electrons. The van der Waals surface area contributed by atoms with Crippen molar-refractivity contribution in [2.24, 2.45) is 0 Å². The molecule has 1 unspecified atom stereocenters. The molecular weight excluding hydrogens is 321 g/mol. The molecule has 1 N–H and O–H groups in total. The molecule has 2 rings (SSSR count). The molecule has 0 aliphatic rings. The van der Waals surface area contributed by atoms with Crippen molar-refractivity contribution in [2.45, 2.75) is 19.9 Å². The van der Waals surface area contributed by atoms with Gasteiger partial charge in [-0.2, -0.15) is 0 Å². The number of halogens is 2.